The van der Waals surface area contributed by atoms with Crippen LogP contribution in [-0.2, 0) is 0 Å². The van der Waals surface area contributed by atoms with E-state index in [-0.39, 0.29) is 11.5 Å². The molecule has 0 saturated heterocycles. The van der Waals surface area contributed by atoms with Crippen LogP contribution in [0, 0.1) is 0 Å². The Morgan fingerprint density at radius 1 is 1.33 bits per heavy atom. The quantitative estimate of drug-likeness (QED) is 0.449. The molecule has 0 aliphatic carbocycles. The lowest BCUT2D eigenvalue weighted by Gasteiger charge is -1.99. The zero-order valence-electron chi connectivity index (χ0n) is 7.77. The van der Waals surface area contributed by atoms with Gasteiger partial charge in [-0.3, -0.25) is 0 Å². The maximum atomic E-state index is 12.3. The summed E-state index contributed by atoms with van der Waals surface area (Å²) in [6.07, 6.45) is -1.20. The van der Waals surface area contributed by atoms with Crippen LogP contribution >= 0.6 is 0 Å². The topological polar surface area (TPSA) is 76.8 Å². The Morgan fingerprint density at radius 2 is 2.07 bits per heavy atom. The van der Waals surface area contributed by atoms with Crippen LogP contribution in [0.3, 0.4) is 0 Å². The summed E-state index contributed by atoms with van der Waals surface area (Å²) in [5.74, 6) is -0.184. The van der Waals surface area contributed by atoms with Gasteiger partial charge in [-0.05, 0) is 11.6 Å². The van der Waals surface area contributed by atoms with Crippen molar-refractivity contribution >= 4 is 12.2 Å². The van der Waals surface area contributed by atoms with Crippen molar-refractivity contribution in [1.29, 1.82) is 0 Å². The minimum absolute atomic E-state index is 0.0661. The zero-order valence-corrected chi connectivity index (χ0v) is 7.77. The number of nitrogens with zero attached hydrogens (tertiary/aromatic N) is 2. The summed E-state index contributed by atoms with van der Waals surface area (Å²) in [5, 5.41) is 6.86. The molecule has 0 bridgehead atoms. The highest BCUT2D eigenvalue weighted by Crippen LogP contribution is 2.18. The molecule has 0 amide bonds. The Hall–Kier alpha value is -1.98. The van der Waals surface area contributed by atoms with E-state index in [1.54, 1.807) is 6.07 Å². The molecular weight excluding hydrogens is 202 g/mol. The number of guanidine groups is 1. The Labute approximate surface area is 85.3 Å². The first kappa shape index (κ1) is 11.1. The SMILES string of the molecule is NC(N)=NN=Cc1cccc(C(F)F)c1. The zero-order chi connectivity index (χ0) is 11.3. The minimum atomic E-state index is -2.50. The van der Waals surface area contributed by atoms with Crippen molar-refractivity contribution in [3.63, 3.8) is 0 Å². The highest BCUT2D eigenvalue weighted by atomic mass is 19.3. The Balaban J connectivity index is 2.82. The third kappa shape index (κ3) is 3.72. The number of benzene rings is 1. The molecule has 0 unspecified atom stereocenters. The van der Waals surface area contributed by atoms with Gasteiger partial charge in [0.25, 0.3) is 6.43 Å². The fourth-order valence-corrected chi connectivity index (χ4v) is 0.937. The van der Waals surface area contributed by atoms with Gasteiger partial charge in [-0.15, -0.1) is 5.10 Å². The van der Waals surface area contributed by atoms with Gasteiger partial charge in [-0.25, -0.2) is 8.78 Å². The van der Waals surface area contributed by atoms with E-state index in [2.05, 4.69) is 10.2 Å². The molecule has 0 aromatic heterocycles. The number of rotatable bonds is 3. The molecule has 1 rings (SSSR count). The molecule has 4 N–H and O–H groups in total. The van der Waals surface area contributed by atoms with Gasteiger partial charge in [0.2, 0.25) is 5.96 Å². The molecule has 1 aromatic carbocycles. The van der Waals surface area contributed by atoms with Gasteiger partial charge in [0.05, 0.1) is 6.21 Å². The third-order valence-corrected chi connectivity index (χ3v) is 1.54. The van der Waals surface area contributed by atoms with Crippen molar-refractivity contribution in [2.45, 2.75) is 6.43 Å². The molecule has 0 fully saturated rings. The van der Waals surface area contributed by atoms with Gasteiger partial charge >= 0.3 is 0 Å². The average molecular weight is 212 g/mol. The Kier molecular flexibility index (Phi) is 3.73. The van der Waals surface area contributed by atoms with Gasteiger partial charge in [-0.1, -0.05) is 18.2 Å². The van der Waals surface area contributed by atoms with Crippen molar-refractivity contribution in [2.24, 2.45) is 21.7 Å². The van der Waals surface area contributed by atoms with Crippen molar-refractivity contribution in [1.82, 2.24) is 0 Å². The van der Waals surface area contributed by atoms with Gasteiger partial charge in [0.15, 0.2) is 0 Å². The highest BCUT2D eigenvalue weighted by molar-refractivity contribution is 5.81. The van der Waals surface area contributed by atoms with Crippen LogP contribution in [0.25, 0.3) is 0 Å². The summed E-state index contributed by atoms with van der Waals surface area (Å²) in [6.45, 7) is 0. The van der Waals surface area contributed by atoms with Crippen LogP contribution in [0.4, 0.5) is 8.78 Å². The molecule has 15 heavy (non-hydrogen) atoms. The number of hydrogen-bond donors (Lipinski definition) is 2. The number of alkyl halides is 2. The van der Waals surface area contributed by atoms with Crippen molar-refractivity contribution in [3.8, 4) is 0 Å². The van der Waals surface area contributed by atoms with E-state index < -0.39 is 6.43 Å². The maximum absolute atomic E-state index is 12.3. The van der Waals surface area contributed by atoms with Crippen LogP contribution in [0.15, 0.2) is 34.5 Å². The molecule has 0 aliphatic heterocycles. The molecule has 4 nitrogen and oxygen atoms in total. The van der Waals surface area contributed by atoms with Crippen LogP contribution in [0.2, 0.25) is 0 Å². The van der Waals surface area contributed by atoms with E-state index in [4.69, 9.17) is 11.5 Å². The molecule has 0 saturated carbocycles. The lowest BCUT2D eigenvalue weighted by atomic mass is 10.1. The van der Waals surface area contributed by atoms with E-state index in [1.165, 1.54) is 24.4 Å². The molecule has 80 valence electrons. The second-order valence-electron chi connectivity index (χ2n) is 2.74. The molecule has 6 heteroatoms. The van der Waals surface area contributed by atoms with E-state index in [0.29, 0.717) is 5.56 Å². The third-order valence-electron chi connectivity index (χ3n) is 1.54. The van der Waals surface area contributed by atoms with E-state index in [9.17, 15) is 8.78 Å². The maximum Gasteiger partial charge on any atom is 0.263 e. The smallest absolute Gasteiger partial charge is 0.263 e. The largest absolute Gasteiger partial charge is 0.369 e. The van der Waals surface area contributed by atoms with E-state index in [1.807, 2.05) is 0 Å². The monoisotopic (exact) mass is 212 g/mol. The first-order chi connectivity index (χ1) is 7.09. The molecule has 0 aliphatic rings. The van der Waals surface area contributed by atoms with E-state index in [0.717, 1.165) is 0 Å². The van der Waals surface area contributed by atoms with E-state index >= 15 is 0 Å². The van der Waals surface area contributed by atoms with Crippen LogP contribution < -0.4 is 11.5 Å². The first-order valence-electron chi connectivity index (χ1n) is 4.09. The normalized spacial score (nSPS) is 10.9. The van der Waals surface area contributed by atoms with Crippen molar-refractivity contribution in [3.05, 3.63) is 35.4 Å². The summed E-state index contributed by atoms with van der Waals surface area (Å²) in [6, 6.07) is 5.79. The summed E-state index contributed by atoms with van der Waals surface area (Å²) < 4.78 is 24.6. The van der Waals surface area contributed by atoms with Crippen LogP contribution in [0.5, 0.6) is 0 Å². The molecular formula is C9H10F2N4. The summed E-state index contributed by atoms with van der Waals surface area (Å²) in [7, 11) is 0. The second-order valence-corrected chi connectivity index (χ2v) is 2.74. The van der Waals surface area contributed by atoms with Gasteiger partial charge in [-0.2, -0.15) is 5.10 Å². The fraction of sp³-hybridized carbons (Fsp3) is 0.111. The number of halogens is 2. The first-order valence-corrected chi connectivity index (χ1v) is 4.09. The molecule has 0 radical (unpaired) electrons. The lowest BCUT2D eigenvalue weighted by Crippen LogP contribution is -2.21. The molecule has 0 heterocycles. The fourth-order valence-electron chi connectivity index (χ4n) is 0.937. The van der Waals surface area contributed by atoms with Gasteiger partial charge in [0, 0.05) is 5.56 Å². The van der Waals surface area contributed by atoms with Crippen LogP contribution in [-0.4, -0.2) is 12.2 Å². The Morgan fingerprint density at radius 3 is 2.67 bits per heavy atom. The lowest BCUT2D eigenvalue weighted by molar-refractivity contribution is 0.151. The predicted molar refractivity (Wildman–Crippen MR) is 54.8 cm³/mol. The van der Waals surface area contributed by atoms with Gasteiger partial charge < -0.3 is 11.5 Å². The number of hydrogen-bond acceptors (Lipinski definition) is 2. The summed E-state index contributed by atoms with van der Waals surface area (Å²) in [4.78, 5) is 0. The molecule has 1 aromatic rings. The van der Waals surface area contributed by atoms with Crippen molar-refractivity contribution < 1.29 is 8.78 Å². The average Bonchev–Trinajstić information content (AvgIpc) is 2.17. The summed E-state index contributed by atoms with van der Waals surface area (Å²) >= 11 is 0. The van der Waals surface area contributed by atoms with Crippen molar-refractivity contribution in [2.75, 3.05) is 0 Å². The standard InChI is InChI=1S/C9H10F2N4/c10-8(11)7-3-1-2-6(4-7)5-14-15-9(12)13/h1-5,8H,(H4,12,13,15). The predicted octanol–water partition coefficient (Wildman–Crippen LogP) is 1.23. The van der Waals surface area contributed by atoms with Crippen LogP contribution in [0.1, 0.15) is 17.6 Å². The number of nitrogens with two attached hydrogens (primary N) is 2. The minimum Gasteiger partial charge on any atom is -0.369 e. The molecule has 0 atom stereocenters. The Bertz CT molecular complexity index is 383. The highest BCUT2D eigenvalue weighted by Gasteiger charge is 2.05. The molecule has 0 spiro atoms. The second kappa shape index (κ2) is 5.04. The summed E-state index contributed by atoms with van der Waals surface area (Å²) in [5.41, 5.74) is 10.5. The van der Waals surface area contributed by atoms with Gasteiger partial charge in [0.1, 0.15) is 0 Å².